The van der Waals surface area contributed by atoms with Crippen molar-refractivity contribution in [3.8, 4) is 0 Å². The Morgan fingerprint density at radius 2 is 0.828 bits per heavy atom. The molecule has 29 heavy (non-hydrogen) atoms. The van der Waals surface area contributed by atoms with Crippen LogP contribution < -0.4 is 0 Å². The molecule has 1 heteroatoms. The zero-order valence-electron chi connectivity index (χ0n) is 16.0. The Morgan fingerprint density at radius 3 is 1.28 bits per heavy atom. The first-order valence-corrected chi connectivity index (χ1v) is 10.4. The molecule has 2 heterocycles. The van der Waals surface area contributed by atoms with Crippen LogP contribution in [0, 0.1) is 0 Å². The SMILES string of the molecule is c1ccc([C@]23O[C@@](c4ccccc4)(c4ccccc42)[C@H]2c4ccccc4C23)cc1. The van der Waals surface area contributed by atoms with Crippen LogP contribution in [0.15, 0.2) is 109 Å². The third kappa shape index (κ3) is 1.64. The molecular formula is C28H20O. The van der Waals surface area contributed by atoms with E-state index in [2.05, 4.69) is 109 Å². The van der Waals surface area contributed by atoms with E-state index in [0.717, 1.165) is 0 Å². The minimum absolute atomic E-state index is 0.330. The average Bonchev–Trinajstić information content (AvgIpc) is 3.24. The van der Waals surface area contributed by atoms with Crippen molar-refractivity contribution >= 4 is 0 Å². The van der Waals surface area contributed by atoms with E-state index in [1.54, 1.807) is 0 Å². The van der Waals surface area contributed by atoms with Gasteiger partial charge in [-0.1, -0.05) is 109 Å². The summed E-state index contributed by atoms with van der Waals surface area (Å²) < 4.78 is 7.36. The Bertz CT molecular complexity index is 1150. The van der Waals surface area contributed by atoms with Crippen LogP contribution >= 0.6 is 0 Å². The summed E-state index contributed by atoms with van der Waals surface area (Å²) in [4.78, 5) is 0. The number of benzene rings is 4. The van der Waals surface area contributed by atoms with Gasteiger partial charge in [0.25, 0.3) is 0 Å². The Morgan fingerprint density at radius 1 is 0.448 bits per heavy atom. The lowest BCUT2D eigenvalue weighted by Gasteiger charge is -2.49. The van der Waals surface area contributed by atoms with E-state index in [1.165, 1.54) is 33.4 Å². The molecule has 4 atom stereocenters. The number of rotatable bonds is 2. The molecule has 1 unspecified atom stereocenters. The first-order chi connectivity index (χ1) is 14.4. The highest BCUT2D eigenvalue weighted by atomic mass is 16.5. The molecule has 1 aliphatic carbocycles. The van der Waals surface area contributed by atoms with E-state index >= 15 is 0 Å². The maximum atomic E-state index is 7.36. The lowest BCUT2D eigenvalue weighted by Crippen LogP contribution is -2.44. The normalized spacial score (nSPS) is 30.2. The quantitative estimate of drug-likeness (QED) is 0.413. The molecule has 0 N–H and O–H groups in total. The van der Waals surface area contributed by atoms with E-state index in [0.29, 0.717) is 11.8 Å². The van der Waals surface area contributed by atoms with E-state index < -0.39 is 11.2 Å². The molecule has 0 saturated carbocycles. The molecule has 2 aliphatic heterocycles. The number of hydrogen-bond donors (Lipinski definition) is 0. The van der Waals surface area contributed by atoms with Crippen molar-refractivity contribution in [2.24, 2.45) is 0 Å². The fourth-order valence-corrected chi connectivity index (χ4v) is 6.36. The van der Waals surface area contributed by atoms with E-state index in [4.69, 9.17) is 4.74 Å². The molecule has 0 spiro atoms. The molecule has 0 radical (unpaired) electrons. The molecule has 0 amide bonds. The van der Waals surface area contributed by atoms with Gasteiger partial charge >= 0.3 is 0 Å². The monoisotopic (exact) mass is 372 g/mol. The van der Waals surface area contributed by atoms with Crippen molar-refractivity contribution in [3.63, 3.8) is 0 Å². The van der Waals surface area contributed by atoms with E-state index in [9.17, 15) is 0 Å². The summed E-state index contributed by atoms with van der Waals surface area (Å²) in [7, 11) is 0. The van der Waals surface area contributed by atoms with Gasteiger partial charge in [0.2, 0.25) is 0 Å². The standard InChI is InChI=1S/C28H20O/c1-3-11-19(12-4-1)27-23-17-9-10-18-24(23)28(29-27,20-13-5-2-6-14-20)26-22-16-8-7-15-21(22)25(26)27/h1-18,25-26H/t25-,26?,27-,28-/m0/s1. The highest BCUT2D eigenvalue weighted by Crippen LogP contribution is 2.78. The Kier molecular flexibility index (Phi) is 2.85. The first-order valence-electron chi connectivity index (χ1n) is 10.4. The van der Waals surface area contributed by atoms with Crippen molar-refractivity contribution in [1.29, 1.82) is 0 Å². The van der Waals surface area contributed by atoms with Gasteiger partial charge in [-0.2, -0.15) is 0 Å². The maximum Gasteiger partial charge on any atom is 0.128 e. The summed E-state index contributed by atoms with van der Waals surface area (Å²) in [6, 6.07) is 39.5. The molecule has 4 aromatic carbocycles. The van der Waals surface area contributed by atoms with Gasteiger partial charge in [0.15, 0.2) is 0 Å². The second-order valence-corrected chi connectivity index (χ2v) is 8.44. The predicted octanol–water partition coefficient (Wildman–Crippen LogP) is 6.10. The largest absolute Gasteiger partial charge is 0.348 e. The van der Waals surface area contributed by atoms with Crippen LogP contribution in [-0.2, 0) is 15.9 Å². The van der Waals surface area contributed by atoms with Gasteiger partial charge < -0.3 is 4.74 Å². The molecular weight excluding hydrogens is 352 g/mol. The van der Waals surface area contributed by atoms with E-state index in [1.807, 2.05) is 0 Å². The van der Waals surface area contributed by atoms with Gasteiger partial charge in [-0.25, -0.2) is 0 Å². The van der Waals surface area contributed by atoms with Crippen LogP contribution in [0.3, 0.4) is 0 Å². The average molecular weight is 372 g/mol. The first kappa shape index (κ1) is 15.7. The smallest absolute Gasteiger partial charge is 0.128 e. The number of fused-ring (bicyclic) bond motifs is 11. The summed E-state index contributed by atoms with van der Waals surface area (Å²) in [6.07, 6.45) is 0. The van der Waals surface area contributed by atoms with Crippen LogP contribution in [-0.4, -0.2) is 0 Å². The van der Waals surface area contributed by atoms with Gasteiger partial charge in [-0.05, 0) is 33.4 Å². The Balaban J connectivity index is 1.62. The fraction of sp³-hybridized carbons (Fsp3) is 0.143. The van der Waals surface area contributed by atoms with Crippen LogP contribution in [0.25, 0.3) is 0 Å². The fourth-order valence-electron chi connectivity index (χ4n) is 6.36. The zero-order chi connectivity index (χ0) is 19.1. The van der Waals surface area contributed by atoms with Gasteiger partial charge in [0.05, 0.1) is 0 Å². The molecule has 7 rings (SSSR count). The summed E-state index contributed by atoms with van der Waals surface area (Å²) in [5.74, 6) is 0.660. The van der Waals surface area contributed by atoms with Crippen molar-refractivity contribution in [2.75, 3.05) is 0 Å². The second-order valence-electron chi connectivity index (χ2n) is 8.44. The molecule has 1 saturated heterocycles. The third-order valence-electron chi connectivity index (χ3n) is 7.33. The minimum atomic E-state index is -0.438. The molecule has 1 nitrogen and oxygen atoms in total. The lowest BCUT2D eigenvalue weighted by atomic mass is 9.50. The highest BCUT2D eigenvalue weighted by molar-refractivity contribution is 5.68. The molecule has 0 aromatic heterocycles. The van der Waals surface area contributed by atoms with Crippen molar-refractivity contribution in [1.82, 2.24) is 0 Å². The highest BCUT2D eigenvalue weighted by Gasteiger charge is 2.75. The predicted molar refractivity (Wildman–Crippen MR) is 114 cm³/mol. The molecule has 2 bridgehead atoms. The second kappa shape index (κ2) is 5.25. The molecule has 3 aliphatic rings. The van der Waals surface area contributed by atoms with Crippen LogP contribution in [0.2, 0.25) is 0 Å². The third-order valence-corrected chi connectivity index (χ3v) is 7.33. The van der Waals surface area contributed by atoms with Crippen molar-refractivity contribution < 1.29 is 4.74 Å². The lowest BCUT2D eigenvalue weighted by molar-refractivity contribution is -0.0452. The summed E-state index contributed by atoms with van der Waals surface area (Å²) >= 11 is 0. The van der Waals surface area contributed by atoms with Gasteiger partial charge in [0.1, 0.15) is 11.2 Å². The molecule has 1 fully saturated rings. The van der Waals surface area contributed by atoms with Crippen LogP contribution in [0.5, 0.6) is 0 Å². The summed E-state index contributed by atoms with van der Waals surface area (Å²) in [5, 5.41) is 0. The van der Waals surface area contributed by atoms with Crippen LogP contribution in [0.4, 0.5) is 0 Å². The van der Waals surface area contributed by atoms with Gasteiger partial charge in [0, 0.05) is 11.8 Å². The minimum Gasteiger partial charge on any atom is -0.348 e. The Hall–Kier alpha value is -3.16. The number of hydrogen-bond acceptors (Lipinski definition) is 1. The van der Waals surface area contributed by atoms with Gasteiger partial charge in [-0.3, -0.25) is 0 Å². The molecule has 4 aromatic rings. The maximum absolute atomic E-state index is 7.36. The molecule has 138 valence electrons. The van der Waals surface area contributed by atoms with Crippen LogP contribution in [0.1, 0.15) is 45.2 Å². The van der Waals surface area contributed by atoms with Crippen molar-refractivity contribution in [2.45, 2.75) is 23.0 Å². The summed E-state index contributed by atoms with van der Waals surface area (Å²) in [6.45, 7) is 0. The van der Waals surface area contributed by atoms with Gasteiger partial charge in [-0.15, -0.1) is 0 Å². The topological polar surface area (TPSA) is 9.23 Å². The van der Waals surface area contributed by atoms with E-state index in [-0.39, 0.29) is 0 Å². The zero-order valence-corrected chi connectivity index (χ0v) is 16.0. The summed E-state index contributed by atoms with van der Waals surface area (Å²) in [5.41, 5.74) is 7.16. The number of ether oxygens (including phenoxy) is 1. The van der Waals surface area contributed by atoms with Crippen molar-refractivity contribution in [3.05, 3.63) is 143 Å². The Labute approximate surface area is 170 Å².